The van der Waals surface area contributed by atoms with E-state index < -0.39 is 42.5 Å². The predicted octanol–water partition coefficient (Wildman–Crippen LogP) is 2.90. The number of aliphatic hydroxyl groups excluding tert-OH is 2. The SMILES string of the molecule is COc1cc2c(OC3O[C@H](CO)[C@H]4OC(C)(C)O[C@@H]4[C@H]3O)c3c(c(-c4ccc5c(c4)OCO5)c2cc1OC)C(=O)OC3. The largest absolute Gasteiger partial charge is 0.493 e. The summed E-state index contributed by atoms with van der Waals surface area (Å²) in [5, 5.41) is 22.6. The fourth-order valence-corrected chi connectivity index (χ4v) is 6.11. The summed E-state index contributed by atoms with van der Waals surface area (Å²) in [7, 11) is 3.04. The Morgan fingerprint density at radius 2 is 1.64 bits per heavy atom. The van der Waals surface area contributed by atoms with Crippen molar-refractivity contribution in [3.63, 3.8) is 0 Å². The Bertz CT molecular complexity index is 1580. The number of hydrogen-bond donors (Lipinski definition) is 2. The van der Waals surface area contributed by atoms with Crippen LogP contribution in [0.1, 0.15) is 29.8 Å². The molecule has 2 saturated heterocycles. The lowest BCUT2D eigenvalue weighted by atomic mass is 9.89. The topological polar surface area (TPSA) is 141 Å². The van der Waals surface area contributed by atoms with E-state index in [9.17, 15) is 15.0 Å². The van der Waals surface area contributed by atoms with Crippen molar-refractivity contribution in [3.05, 3.63) is 41.5 Å². The highest BCUT2D eigenvalue weighted by molar-refractivity contribution is 6.14. The van der Waals surface area contributed by atoms with Gasteiger partial charge in [0.1, 0.15) is 36.8 Å². The van der Waals surface area contributed by atoms with Gasteiger partial charge < -0.3 is 52.8 Å². The summed E-state index contributed by atoms with van der Waals surface area (Å²) in [5.74, 6) is 0.728. The zero-order chi connectivity index (χ0) is 29.3. The second-order valence-electron chi connectivity index (χ2n) is 10.9. The zero-order valence-electron chi connectivity index (χ0n) is 23.4. The van der Waals surface area contributed by atoms with E-state index in [1.165, 1.54) is 14.2 Å². The Hall–Kier alpha value is -3.81. The van der Waals surface area contributed by atoms with Crippen LogP contribution in [0.15, 0.2) is 30.3 Å². The molecule has 2 fully saturated rings. The van der Waals surface area contributed by atoms with Crippen molar-refractivity contribution in [2.75, 3.05) is 27.6 Å². The molecule has 0 saturated carbocycles. The smallest absolute Gasteiger partial charge is 0.339 e. The highest BCUT2D eigenvalue weighted by Gasteiger charge is 2.55. The van der Waals surface area contributed by atoms with Crippen molar-refractivity contribution >= 4 is 16.7 Å². The average molecular weight is 583 g/mol. The first-order chi connectivity index (χ1) is 20.2. The van der Waals surface area contributed by atoms with E-state index in [0.29, 0.717) is 56.0 Å². The summed E-state index contributed by atoms with van der Waals surface area (Å²) in [6.07, 6.45) is -4.91. The number of benzene rings is 3. The molecular weight excluding hydrogens is 552 g/mol. The molecule has 0 spiro atoms. The van der Waals surface area contributed by atoms with Crippen molar-refractivity contribution in [3.8, 4) is 39.9 Å². The number of ether oxygens (including phenoxy) is 9. The van der Waals surface area contributed by atoms with Crippen LogP contribution in [-0.2, 0) is 25.6 Å². The maximum Gasteiger partial charge on any atom is 0.339 e. The number of fused-ring (bicyclic) bond motifs is 4. The minimum atomic E-state index is -1.28. The molecule has 0 aliphatic carbocycles. The lowest BCUT2D eigenvalue weighted by Crippen LogP contribution is -2.58. The Balaban J connectivity index is 1.42. The van der Waals surface area contributed by atoms with E-state index in [4.69, 9.17) is 42.6 Å². The summed E-state index contributed by atoms with van der Waals surface area (Å²) in [5.41, 5.74) is 2.04. The summed E-state index contributed by atoms with van der Waals surface area (Å²) >= 11 is 0. The van der Waals surface area contributed by atoms with Gasteiger partial charge in [-0.1, -0.05) is 6.07 Å². The third-order valence-corrected chi connectivity index (χ3v) is 7.94. The molecule has 0 amide bonds. The monoisotopic (exact) mass is 582 g/mol. The van der Waals surface area contributed by atoms with E-state index in [1.807, 2.05) is 6.07 Å². The number of carbonyl (C=O) groups excluding carboxylic acids is 1. The van der Waals surface area contributed by atoms with Crippen molar-refractivity contribution in [1.29, 1.82) is 0 Å². The number of carbonyl (C=O) groups is 1. The lowest BCUT2D eigenvalue weighted by Gasteiger charge is -2.39. The number of cyclic esters (lactones) is 1. The van der Waals surface area contributed by atoms with Gasteiger partial charge in [0.2, 0.25) is 13.1 Å². The molecule has 12 nitrogen and oxygen atoms in total. The quantitative estimate of drug-likeness (QED) is 0.413. The molecule has 42 heavy (non-hydrogen) atoms. The normalized spacial score (nSPS) is 27.0. The van der Waals surface area contributed by atoms with Crippen molar-refractivity contribution in [1.82, 2.24) is 0 Å². The van der Waals surface area contributed by atoms with Crippen LogP contribution in [0.4, 0.5) is 0 Å². The van der Waals surface area contributed by atoms with Crippen LogP contribution in [0, 0.1) is 0 Å². The second kappa shape index (κ2) is 9.89. The van der Waals surface area contributed by atoms with Crippen LogP contribution in [0.25, 0.3) is 21.9 Å². The number of rotatable bonds is 6. The minimum absolute atomic E-state index is 0.0731. The highest BCUT2D eigenvalue weighted by atomic mass is 16.8. The summed E-state index contributed by atoms with van der Waals surface area (Å²) in [4.78, 5) is 13.3. The Labute approximate surface area is 240 Å². The molecule has 4 aliphatic heterocycles. The minimum Gasteiger partial charge on any atom is -0.493 e. The predicted molar refractivity (Wildman–Crippen MR) is 144 cm³/mol. The Kier molecular flexibility index (Phi) is 6.37. The first-order valence-electron chi connectivity index (χ1n) is 13.5. The van der Waals surface area contributed by atoms with Gasteiger partial charge in [0.05, 0.1) is 26.4 Å². The number of esters is 1. The van der Waals surface area contributed by atoms with Gasteiger partial charge >= 0.3 is 5.97 Å². The van der Waals surface area contributed by atoms with E-state index in [2.05, 4.69) is 0 Å². The van der Waals surface area contributed by atoms with Gasteiger partial charge in [-0.3, -0.25) is 0 Å². The highest BCUT2D eigenvalue weighted by Crippen LogP contribution is 2.50. The molecule has 3 aromatic rings. The molecule has 0 aromatic heterocycles. The fourth-order valence-electron chi connectivity index (χ4n) is 6.11. The van der Waals surface area contributed by atoms with Crippen molar-refractivity contribution in [2.24, 2.45) is 0 Å². The summed E-state index contributed by atoms with van der Waals surface area (Å²) < 4.78 is 52.2. The third-order valence-electron chi connectivity index (χ3n) is 7.94. The van der Waals surface area contributed by atoms with Crippen LogP contribution < -0.4 is 23.7 Å². The van der Waals surface area contributed by atoms with E-state index in [-0.39, 0.29) is 25.8 Å². The molecular formula is C30H30O12. The van der Waals surface area contributed by atoms with Gasteiger partial charge in [0, 0.05) is 16.5 Å². The summed E-state index contributed by atoms with van der Waals surface area (Å²) in [6.45, 7) is 3.09. The molecule has 4 heterocycles. The van der Waals surface area contributed by atoms with Crippen LogP contribution in [0.2, 0.25) is 0 Å². The molecule has 1 unspecified atom stereocenters. The Morgan fingerprint density at radius 3 is 2.38 bits per heavy atom. The molecule has 2 N–H and O–H groups in total. The maximum atomic E-state index is 13.3. The number of aliphatic hydroxyl groups is 2. The molecule has 7 rings (SSSR count). The van der Waals surface area contributed by atoms with Gasteiger partial charge in [0.15, 0.2) is 28.8 Å². The van der Waals surface area contributed by atoms with Crippen molar-refractivity contribution < 1.29 is 57.6 Å². The number of methoxy groups -OCH3 is 2. The van der Waals surface area contributed by atoms with Crippen LogP contribution >= 0.6 is 0 Å². The molecule has 222 valence electrons. The molecule has 0 radical (unpaired) electrons. The van der Waals surface area contributed by atoms with Gasteiger partial charge in [-0.25, -0.2) is 4.79 Å². The van der Waals surface area contributed by atoms with Gasteiger partial charge in [-0.05, 0) is 49.1 Å². The first-order valence-corrected chi connectivity index (χ1v) is 13.5. The van der Waals surface area contributed by atoms with E-state index >= 15 is 0 Å². The standard InChI is InChI=1S/C30H30O12/c1-30(2)41-26-21(10-31)39-29(24(32)27(26)42-30)40-25-15-9-19(35-4)18(34-3)8-14(15)22(23-16(25)11-36-28(23)33)13-5-6-17-20(7-13)38-12-37-17/h5-9,21,24,26-27,29,31-32H,10-12H2,1-4H3/t21-,24-,26-,27-,29?/m1/s1. The average Bonchev–Trinajstić information content (AvgIpc) is 3.70. The summed E-state index contributed by atoms with van der Waals surface area (Å²) in [6, 6.07) is 8.92. The van der Waals surface area contributed by atoms with Gasteiger partial charge in [-0.15, -0.1) is 0 Å². The van der Waals surface area contributed by atoms with Crippen LogP contribution in [-0.4, -0.2) is 80.3 Å². The molecule has 3 aromatic carbocycles. The third kappa shape index (κ3) is 4.13. The van der Waals surface area contributed by atoms with E-state index in [1.54, 1.807) is 38.1 Å². The molecule has 4 aliphatic rings. The lowest BCUT2D eigenvalue weighted by molar-refractivity contribution is -0.254. The molecule has 12 heteroatoms. The zero-order valence-corrected chi connectivity index (χ0v) is 23.4. The number of hydrogen-bond acceptors (Lipinski definition) is 12. The van der Waals surface area contributed by atoms with Gasteiger partial charge in [0.25, 0.3) is 0 Å². The second-order valence-corrected chi connectivity index (χ2v) is 10.9. The Morgan fingerprint density at radius 1 is 0.929 bits per heavy atom. The van der Waals surface area contributed by atoms with Crippen LogP contribution in [0.5, 0.6) is 28.7 Å². The van der Waals surface area contributed by atoms with Gasteiger partial charge in [-0.2, -0.15) is 0 Å². The maximum absolute atomic E-state index is 13.3. The first kappa shape index (κ1) is 27.0. The molecule has 0 bridgehead atoms. The molecule has 5 atom stereocenters. The van der Waals surface area contributed by atoms with E-state index in [0.717, 1.165) is 0 Å². The van der Waals surface area contributed by atoms with Crippen LogP contribution in [0.3, 0.4) is 0 Å². The fraction of sp³-hybridized carbons (Fsp3) is 0.433. The van der Waals surface area contributed by atoms with Crippen molar-refractivity contribution in [2.45, 2.75) is 56.9 Å².